The van der Waals surface area contributed by atoms with Crippen molar-refractivity contribution in [3.05, 3.63) is 60.2 Å². The summed E-state index contributed by atoms with van der Waals surface area (Å²) in [4.78, 5) is 0. The molecule has 3 aromatic carbocycles. The van der Waals surface area contributed by atoms with Crippen LogP contribution in [0, 0.1) is 0 Å². The molecule has 144 valence electrons. The summed E-state index contributed by atoms with van der Waals surface area (Å²) in [7, 11) is 0. The van der Waals surface area contributed by atoms with Crippen LogP contribution >= 0.6 is 0 Å². The molecule has 4 N–H and O–H groups in total. The van der Waals surface area contributed by atoms with E-state index in [0.29, 0.717) is 17.0 Å². The van der Waals surface area contributed by atoms with E-state index in [0.717, 1.165) is 24.0 Å². The largest absolute Gasteiger partial charge is 0.508 e. The average Bonchev–Trinajstić information content (AvgIpc) is 2.68. The lowest BCUT2D eigenvalue weighted by Gasteiger charge is -2.23. The van der Waals surface area contributed by atoms with E-state index in [1.807, 2.05) is 6.07 Å². The molecule has 1 fully saturated rings. The Balaban J connectivity index is 1.87. The Morgan fingerprint density at radius 1 is 0.571 bits per heavy atom. The number of hydrogen-bond donors (Lipinski definition) is 4. The molecule has 4 rings (SSSR count). The first-order chi connectivity index (χ1) is 13.5. The lowest BCUT2D eigenvalue weighted by molar-refractivity contribution is 0.443. The second-order valence-corrected chi connectivity index (χ2v) is 7.58. The number of phenols is 4. The second-order valence-electron chi connectivity index (χ2n) is 7.58. The molecule has 0 aliphatic heterocycles. The molecule has 28 heavy (non-hydrogen) atoms. The van der Waals surface area contributed by atoms with Crippen molar-refractivity contribution in [2.24, 2.45) is 0 Å². The van der Waals surface area contributed by atoms with Gasteiger partial charge >= 0.3 is 0 Å². The van der Waals surface area contributed by atoms with Crippen LogP contribution in [0.5, 0.6) is 23.0 Å². The van der Waals surface area contributed by atoms with Gasteiger partial charge in [-0.15, -0.1) is 0 Å². The molecule has 0 radical (unpaired) electrons. The highest BCUT2D eigenvalue weighted by Gasteiger charge is 2.19. The maximum absolute atomic E-state index is 10.4. The molecule has 0 unspecified atom stereocenters. The molecule has 0 heterocycles. The van der Waals surface area contributed by atoms with E-state index >= 15 is 0 Å². The maximum atomic E-state index is 10.4. The quantitative estimate of drug-likeness (QED) is 0.459. The first kappa shape index (κ1) is 18.2. The van der Waals surface area contributed by atoms with Gasteiger partial charge in [-0.1, -0.05) is 31.4 Å². The molecule has 1 aliphatic rings. The molecule has 4 nitrogen and oxygen atoms in total. The first-order valence-electron chi connectivity index (χ1n) is 9.71. The van der Waals surface area contributed by atoms with Crippen LogP contribution in [-0.2, 0) is 0 Å². The summed E-state index contributed by atoms with van der Waals surface area (Å²) in [5, 5.41) is 40.0. The highest BCUT2D eigenvalue weighted by molar-refractivity contribution is 5.80. The smallest absolute Gasteiger partial charge is 0.127 e. The van der Waals surface area contributed by atoms with Crippen LogP contribution in [0.3, 0.4) is 0 Å². The third-order valence-corrected chi connectivity index (χ3v) is 5.62. The van der Waals surface area contributed by atoms with Crippen molar-refractivity contribution in [3.63, 3.8) is 0 Å². The van der Waals surface area contributed by atoms with Crippen LogP contribution in [0.25, 0.3) is 22.3 Å². The van der Waals surface area contributed by atoms with Gasteiger partial charge in [-0.3, -0.25) is 0 Å². The molecule has 0 saturated heterocycles. The van der Waals surface area contributed by atoms with Crippen molar-refractivity contribution < 1.29 is 20.4 Å². The zero-order valence-corrected chi connectivity index (χ0v) is 15.6. The van der Waals surface area contributed by atoms with Gasteiger partial charge in [0.25, 0.3) is 0 Å². The molecule has 0 amide bonds. The summed E-state index contributed by atoms with van der Waals surface area (Å²) in [5.74, 6) is 0.511. The van der Waals surface area contributed by atoms with Crippen molar-refractivity contribution in [2.75, 3.05) is 0 Å². The Bertz CT molecular complexity index is 934. The number of rotatable bonds is 3. The SMILES string of the molecule is Oc1ccc(-c2cc(-c3ccc(O)cc3O)cc(C3CCCCC3)c2)c(O)c1. The van der Waals surface area contributed by atoms with Crippen molar-refractivity contribution in [3.8, 4) is 45.3 Å². The van der Waals surface area contributed by atoms with Gasteiger partial charge in [-0.05, 0) is 65.8 Å². The number of aromatic hydroxyl groups is 4. The Labute approximate surface area is 164 Å². The Kier molecular flexibility index (Phi) is 4.86. The number of phenolic OH excluding ortho intramolecular Hbond substituents is 4. The van der Waals surface area contributed by atoms with E-state index in [1.54, 1.807) is 24.3 Å². The number of benzene rings is 3. The number of hydrogen-bond acceptors (Lipinski definition) is 4. The molecular formula is C24H24O4. The summed E-state index contributed by atoms with van der Waals surface area (Å²) >= 11 is 0. The van der Waals surface area contributed by atoms with E-state index in [2.05, 4.69) is 12.1 Å². The molecule has 3 aromatic rings. The first-order valence-corrected chi connectivity index (χ1v) is 9.71. The lowest BCUT2D eigenvalue weighted by atomic mass is 9.82. The predicted octanol–water partition coefficient (Wildman–Crippen LogP) is 5.89. The van der Waals surface area contributed by atoms with E-state index in [4.69, 9.17) is 0 Å². The topological polar surface area (TPSA) is 80.9 Å². The third-order valence-electron chi connectivity index (χ3n) is 5.62. The second kappa shape index (κ2) is 7.47. The summed E-state index contributed by atoms with van der Waals surface area (Å²) < 4.78 is 0. The lowest BCUT2D eigenvalue weighted by Crippen LogP contribution is -2.05. The van der Waals surface area contributed by atoms with Gasteiger partial charge in [0.1, 0.15) is 23.0 Å². The van der Waals surface area contributed by atoms with Gasteiger partial charge in [0.15, 0.2) is 0 Å². The van der Waals surface area contributed by atoms with E-state index < -0.39 is 0 Å². The van der Waals surface area contributed by atoms with Gasteiger partial charge in [0.05, 0.1) is 0 Å². The van der Waals surface area contributed by atoms with Crippen molar-refractivity contribution >= 4 is 0 Å². The van der Waals surface area contributed by atoms with Crippen molar-refractivity contribution in [1.82, 2.24) is 0 Å². The van der Waals surface area contributed by atoms with E-state index in [1.165, 1.54) is 37.0 Å². The van der Waals surface area contributed by atoms with Crippen LogP contribution in [0.1, 0.15) is 43.6 Å². The Morgan fingerprint density at radius 2 is 1.07 bits per heavy atom. The minimum Gasteiger partial charge on any atom is -0.508 e. The highest BCUT2D eigenvalue weighted by Crippen LogP contribution is 2.41. The van der Waals surface area contributed by atoms with Gasteiger partial charge in [-0.25, -0.2) is 0 Å². The molecule has 0 aromatic heterocycles. The van der Waals surface area contributed by atoms with Crippen LogP contribution < -0.4 is 0 Å². The minimum absolute atomic E-state index is 0.0149. The van der Waals surface area contributed by atoms with Gasteiger partial charge in [0.2, 0.25) is 0 Å². The van der Waals surface area contributed by atoms with Gasteiger partial charge in [-0.2, -0.15) is 0 Å². The summed E-state index contributed by atoms with van der Waals surface area (Å²) in [6, 6.07) is 15.3. The molecule has 0 spiro atoms. The summed E-state index contributed by atoms with van der Waals surface area (Å²) in [5.41, 5.74) is 4.13. The zero-order chi connectivity index (χ0) is 19.7. The van der Waals surface area contributed by atoms with Crippen molar-refractivity contribution in [2.45, 2.75) is 38.0 Å². The molecular weight excluding hydrogens is 352 g/mol. The van der Waals surface area contributed by atoms with Gasteiger partial charge < -0.3 is 20.4 Å². The third kappa shape index (κ3) is 3.63. The monoisotopic (exact) mass is 376 g/mol. The van der Waals surface area contributed by atoms with E-state index in [-0.39, 0.29) is 23.0 Å². The fraction of sp³-hybridized carbons (Fsp3) is 0.250. The normalized spacial score (nSPS) is 14.9. The van der Waals surface area contributed by atoms with Crippen LogP contribution in [0.15, 0.2) is 54.6 Å². The van der Waals surface area contributed by atoms with Gasteiger partial charge in [0, 0.05) is 23.3 Å². The summed E-state index contributed by atoms with van der Waals surface area (Å²) in [6.07, 6.45) is 5.94. The molecule has 0 bridgehead atoms. The van der Waals surface area contributed by atoms with E-state index in [9.17, 15) is 20.4 Å². The van der Waals surface area contributed by atoms with Crippen LogP contribution in [0.2, 0.25) is 0 Å². The average molecular weight is 376 g/mol. The zero-order valence-electron chi connectivity index (χ0n) is 15.6. The molecule has 0 atom stereocenters. The predicted molar refractivity (Wildman–Crippen MR) is 110 cm³/mol. The maximum Gasteiger partial charge on any atom is 0.127 e. The molecule has 1 saturated carbocycles. The van der Waals surface area contributed by atoms with Crippen LogP contribution in [0.4, 0.5) is 0 Å². The fourth-order valence-corrected chi connectivity index (χ4v) is 4.16. The Hall–Kier alpha value is -3.14. The standard InChI is InChI=1S/C24H24O4/c25-19-6-8-21(23(27)13-19)17-10-16(15-4-2-1-3-5-15)11-18(12-17)22-9-7-20(26)14-24(22)28/h6-15,25-28H,1-5H2. The van der Waals surface area contributed by atoms with Crippen LogP contribution in [-0.4, -0.2) is 20.4 Å². The summed E-state index contributed by atoms with van der Waals surface area (Å²) in [6.45, 7) is 0. The molecule has 1 aliphatic carbocycles. The highest BCUT2D eigenvalue weighted by atomic mass is 16.3. The Morgan fingerprint density at radius 3 is 1.54 bits per heavy atom. The van der Waals surface area contributed by atoms with Crippen molar-refractivity contribution in [1.29, 1.82) is 0 Å². The molecule has 4 heteroatoms. The minimum atomic E-state index is 0.0149. The fourth-order valence-electron chi connectivity index (χ4n) is 4.16.